The van der Waals surface area contributed by atoms with Gasteiger partial charge in [-0.3, -0.25) is 0 Å². The van der Waals surface area contributed by atoms with Crippen molar-refractivity contribution in [3.05, 3.63) is 59.7 Å². The minimum absolute atomic E-state index is 0.0817. The van der Waals surface area contributed by atoms with Gasteiger partial charge in [-0.05, 0) is 41.8 Å². The summed E-state index contributed by atoms with van der Waals surface area (Å²) < 4.78 is 11.0. The van der Waals surface area contributed by atoms with Gasteiger partial charge in [0, 0.05) is 0 Å². The third-order valence-electron chi connectivity index (χ3n) is 3.65. The molecule has 4 heteroatoms. The quantitative estimate of drug-likeness (QED) is 0.510. The highest BCUT2D eigenvalue weighted by molar-refractivity contribution is 5.70. The molecule has 2 N–H and O–H groups in total. The van der Waals surface area contributed by atoms with Crippen molar-refractivity contribution in [3.63, 3.8) is 0 Å². The lowest BCUT2D eigenvalue weighted by Gasteiger charge is -2.09. The summed E-state index contributed by atoms with van der Waals surface area (Å²) in [6.45, 7) is 2.69. The largest absolute Gasteiger partial charge is 0.494 e. The smallest absolute Gasteiger partial charge is 0.119 e. The molecule has 2 aromatic rings. The summed E-state index contributed by atoms with van der Waals surface area (Å²) in [4.78, 5) is 0. The van der Waals surface area contributed by atoms with E-state index in [1.807, 2.05) is 60.7 Å². The Morgan fingerprint density at radius 1 is 0.880 bits per heavy atom. The molecule has 2 rings (SSSR count). The fourth-order valence-electron chi connectivity index (χ4n) is 2.12. The van der Waals surface area contributed by atoms with Crippen molar-refractivity contribution in [1.29, 1.82) is 0 Å². The second kappa shape index (κ2) is 10.5. The number of hydrogen-bond acceptors (Lipinski definition) is 4. The molecule has 0 aromatic heterocycles. The van der Waals surface area contributed by atoms with Gasteiger partial charge in [-0.1, -0.05) is 49.8 Å². The molecule has 0 saturated heterocycles. The Balaban J connectivity index is 1.86. The van der Waals surface area contributed by atoms with Crippen molar-refractivity contribution in [2.75, 3.05) is 19.8 Å². The Hall–Kier alpha value is -2.30. The molecule has 0 bridgehead atoms. The van der Waals surface area contributed by atoms with Crippen LogP contribution in [-0.2, 0) is 0 Å². The van der Waals surface area contributed by atoms with Crippen LogP contribution in [0.5, 0.6) is 11.5 Å². The number of aliphatic hydroxyl groups is 2. The summed E-state index contributed by atoms with van der Waals surface area (Å²) in [6.07, 6.45) is 5.42. The van der Waals surface area contributed by atoms with Gasteiger partial charge in [-0.25, -0.2) is 0 Å². The van der Waals surface area contributed by atoms with Crippen molar-refractivity contribution < 1.29 is 19.7 Å². The zero-order valence-electron chi connectivity index (χ0n) is 14.6. The zero-order valence-corrected chi connectivity index (χ0v) is 14.6. The van der Waals surface area contributed by atoms with Gasteiger partial charge in [-0.15, -0.1) is 0 Å². The van der Waals surface area contributed by atoms with Crippen LogP contribution in [-0.4, -0.2) is 36.1 Å². The van der Waals surface area contributed by atoms with Crippen molar-refractivity contribution in [2.24, 2.45) is 0 Å². The second-order valence-corrected chi connectivity index (χ2v) is 5.82. The van der Waals surface area contributed by atoms with Crippen LogP contribution >= 0.6 is 0 Å². The molecule has 0 aliphatic rings. The van der Waals surface area contributed by atoms with E-state index in [1.54, 1.807) is 0 Å². The molecule has 25 heavy (non-hydrogen) atoms. The highest BCUT2D eigenvalue weighted by Gasteiger charge is 2.02. The highest BCUT2D eigenvalue weighted by Crippen LogP contribution is 2.17. The van der Waals surface area contributed by atoms with E-state index < -0.39 is 6.10 Å². The SMILES string of the molecule is CCCCOc1ccc(/C=C\c2ccc(OCC(O)CO)cc2)cc1. The summed E-state index contributed by atoms with van der Waals surface area (Å²) >= 11 is 0. The predicted molar refractivity (Wildman–Crippen MR) is 101 cm³/mol. The molecule has 0 heterocycles. The third-order valence-corrected chi connectivity index (χ3v) is 3.65. The van der Waals surface area contributed by atoms with Crippen LogP contribution in [0.2, 0.25) is 0 Å². The Labute approximate surface area is 149 Å². The van der Waals surface area contributed by atoms with Gasteiger partial charge in [0.25, 0.3) is 0 Å². The minimum Gasteiger partial charge on any atom is -0.494 e. The first kappa shape index (κ1) is 19.0. The Morgan fingerprint density at radius 2 is 1.40 bits per heavy atom. The first-order valence-corrected chi connectivity index (χ1v) is 8.64. The van der Waals surface area contributed by atoms with E-state index in [-0.39, 0.29) is 13.2 Å². The van der Waals surface area contributed by atoms with Gasteiger partial charge >= 0.3 is 0 Å². The van der Waals surface area contributed by atoms with E-state index in [9.17, 15) is 5.11 Å². The van der Waals surface area contributed by atoms with E-state index in [0.29, 0.717) is 5.75 Å². The topological polar surface area (TPSA) is 58.9 Å². The summed E-state index contributed by atoms with van der Waals surface area (Å²) in [5.74, 6) is 1.57. The normalized spacial score (nSPS) is 12.3. The highest BCUT2D eigenvalue weighted by atomic mass is 16.5. The first-order valence-electron chi connectivity index (χ1n) is 8.64. The summed E-state index contributed by atoms with van der Waals surface area (Å²) in [6, 6.07) is 15.6. The average Bonchev–Trinajstić information content (AvgIpc) is 2.66. The van der Waals surface area contributed by atoms with Crippen molar-refractivity contribution in [2.45, 2.75) is 25.9 Å². The minimum atomic E-state index is -0.853. The molecule has 0 saturated carbocycles. The molecule has 0 fully saturated rings. The fourth-order valence-corrected chi connectivity index (χ4v) is 2.12. The lowest BCUT2D eigenvalue weighted by molar-refractivity contribution is 0.0536. The molecule has 4 nitrogen and oxygen atoms in total. The maximum Gasteiger partial charge on any atom is 0.119 e. The molecule has 0 amide bonds. The number of benzene rings is 2. The van der Waals surface area contributed by atoms with Gasteiger partial charge in [0.1, 0.15) is 24.2 Å². The van der Waals surface area contributed by atoms with Crippen LogP contribution in [0.1, 0.15) is 30.9 Å². The second-order valence-electron chi connectivity index (χ2n) is 5.82. The van der Waals surface area contributed by atoms with Crippen molar-refractivity contribution >= 4 is 12.2 Å². The molecule has 0 radical (unpaired) electrons. The molecule has 0 spiro atoms. The lowest BCUT2D eigenvalue weighted by Crippen LogP contribution is -2.21. The van der Waals surface area contributed by atoms with Crippen LogP contribution < -0.4 is 9.47 Å². The third kappa shape index (κ3) is 6.99. The number of rotatable bonds is 10. The van der Waals surface area contributed by atoms with E-state index >= 15 is 0 Å². The van der Waals surface area contributed by atoms with Gasteiger partial charge < -0.3 is 19.7 Å². The fraction of sp³-hybridized carbons (Fsp3) is 0.333. The standard InChI is InChI=1S/C21H26O4/c1-2-3-14-24-20-10-6-17(7-11-20)4-5-18-8-12-21(13-9-18)25-16-19(23)15-22/h4-13,19,22-23H,2-3,14-16H2,1H3/b5-4-. The van der Waals surface area contributed by atoms with Gasteiger partial charge in [-0.2, -0.15) is 0 Å². The molecular formula is C21H26O4. The first-order chi connectivity index (χ1) is 12.2. The average molecular weight is 342 g/mol. The van der Waals surface area contributed by atoms with Crippen LogP contribution in [0.25, 0.3) is 12.2 Å². The molecule has 2 aromatic carbocycles. The number of ether oxygens (including phenoxy) is 2. The van der Waals surface area contributed by atoms with E-state index in [0.717, 1.165) is 36.3 Å². The maximum absolute atomic E-state index is 9.27. The monoisotopic (exact) mass is 342 g/mol. The van der Waals surface area contributed by atoms with E-state index in [4.69, 9.17) is 14.6 Å². The zero-order chi connectivity index (χ0) is 17.9. The molecular weight excluding hydrogens is 316 g/mol. The Kier molecular flexibility index (Phi) is 8.02. The van der Waals surface area contributed by atoms with Crippen LogP contribution in [0, 0.1) is 0 Å². The van der Waals surface area contributed by atoms with E-state index in [1.165, 1.54) is 0 Å². The summed E-state index contributed by atoms with van der Waals surface area (Å²) in [5.41, 5.74) is 2.16. The van der Waals surface area contributed by atoms with Crippen LogP contribution in [0.3, 0.4) is 0 Å². The lowest BCUT2D eigenvalue weighted by atomic mass is 10.1. The molecule has 134 valence electrons. The number of hydrogen-bond donors (Lipinski definition) is 2. The number of unbranched alkanes of at least 4 members (excludes halogenated alkanes) is 1. The van der Waals surface area contributed by atoms with Crippen molar-refractivity contribution in [3.8, 4) is 11.5 Å². The Bertz CT molecular complexity index is 632. The summed E-state index contributed by atoms with van der Waals surface area (Å²) in [5, 5.41) is 18.0. The predicted octanol–water partition coefficient (Wildman–Crippen LogP) is 3.77. The van der Waals surface area contributed by atoms with E-state index in [2.05, 4.69) is 6.92 Å². The maximum atomic E-state index is 9.27. The molecule has 1 atom stereocenters. The summed E-state index contributed by atoms with van der Waals surface area (Å²) in [7, 11) is 0. The molecule has 0 aliphatic carbocycles. The molecule has 0 aliphatic heterocycles. The van der Waals surface area contributed by atoms with Crippen LogP contribution in [0.4, 0.5) is 0 Å². The number of aliphatic hydroxyl groups excluding tert-OH is 2. The van der Waals surface area contributed by atoms with Crippen molar-refractivity contribution in [1.82, 2.24) is 0 Å². The van der Waals surface area contributed by atoms with Gasteiger partial charge in [0.15, 0.2) is 0 Å². The van der Waals surface area contributed by atoms with Gasteiger partial charge in [0.05, 0.1) is 13.2 Å². The van der Waals surface area contributed by atoms with Gasteiger partial charge in [0.2, 0.25) is 0 Å². The molecule has 1 unspecified atom stereocenters. The Morgan fingerprint density at radius 3 is 1.88 bits per heavy atom. The van der Waals surface area contributed by atoms with Crippen LogP contribution in [0.15, 0.2) is 48.5 Å².